The fraction of sp³-hybridized carbons (Fsp3) is 0.538. The Labute approximate surface area is 113 Å². The van der Waals surface area contributed by atoms with Gasteiger partial charge in [0.15, 0.2) is 0 Å². The number of nitrogens with zero attached hydrogens (tertiary/aromatic N) is 3. The molecule has 0 saturated carbocycles. The molecule has 1 atom stereocenters. The van der Waals surface area contributed by atoms with Crippen LogP contribution in [0.3, 0.4) is 0 Å². The molecule has 19 heavy (non-hydrogen) atoms. The first kappa shape index (κ1) is 13.8. The van der Waals surface area contributed by atoms with Crippen LogP contribution in [0.5, 0.6) is 0 Å². The van der Waals surface area contributed by atoms with Gasteiger partial charge >= 0.3 is 5.97 Å². The predicted octanol–water partition coefficient (Wildman–Crippen LogP) is 0.438. The van der Waals surface area contributed by atoms with Crippen molar-refractivity contribution < 1.29 is 9.90 Å². The van der Waals surface area contributed by atoms with E-state index < -0.39 is 5.97 Å². The number of anilines is 1. The topological polar surface area (TPSA) is 68.7 Å². The third-order valence-electron chi connectivity index (χ3n) is 3.56. The molecule has 0 amide bonds. The van der Waals surface area contributed by atoms with Crippen molar-refractivity contribution >= 4 is 11.7 Å². The predicted molar refractivity (Wildman–Crippen MR) is 73.6 cm³/mol. The molecule has 1 aromatic rings. The number of pyridine rings is 1. The highest BCUT2D eigenvalue weighted by molar-refractivity contribution is 5.93. The summed E-state index contributed by atoms with van der Waals surface area (Å²) in [5.74, 6) is -0.954. The van der Waals surface area contributed by atoms with Crippen LogP contribution in [0.2, 0.25) is 0 Å². The van der Waals surface area contributed by atoms with Gasteiger partial charge in [-0.15, -0.1) is 0 Å². The average molecular weight is 264 g/mol. The molecule has 1 aliphatic heterocycles. The minimum Gasteiger partial charge on any atom is -0.478 e. The van der Waals surface area contributed by atoms with Crippen LogP contribution < -0.4 is 5.32 Å². The summed E-state index contributed by atoms with van der Waals surface area (Å²) in [6.45, 7) is 3.82. The van der Waals surface area contributed by atoms with Gasteiger partial charge < -0.3 is 15.3 Å². The summed E-state index contributed by atoms with van der Waals surface area (Å²) in [6, 6.07) is 2.09. The molecule has 0 aliphatic carbocycles. The highest BCUT2D eigenvalue weighted by Crippen LogP contribution is 2.14. The number of likely N-dealkylation sites (N-methyl/N-ethyl adjacent to an activating group) is 2. The van der Waals surface area contributed by atoms with Crippen LogP contribution in [-0.2, 0) is 0 Å². The molecule has 1 fully saturated rings. The van der Waals surface area contributed by atoms with Crippen LogP contribution >= 0.6 is 0 Å². The average Bonchev–Trinajstić information content (AvgIpc) is 2.40. The highest BCUT2D eigenvalue weighted by atomic mass is 16.4. The van der Waals surface area contributed by atoms with Gasteiger partial charge in [0.05, 0.1) is 5.69 Å². The number of hydrogen-bond acceptors (Lipinski definition) is 5. The van der Waals surface area contributed by atoms with Crippen LogP contribution in [0.4, 0.5) is 5.69 Å². The first-order valence-electron chi connectivity index (χ1n) is 6.38. The van der Waals surface area contributed by atoms with E-state index in [0.29, 0.717) is 11.7 Å². The van der Waals surface area contributed by atoms with Crippen molar-refractivity contribution in [3.8, 4) is 0 Å². The van der Waals surface area contributed by atoms with Crippen molar-refractivity contribution in [2.45, 2.75) is 6.04 Å². The maximum Gasteiger partial charge on any atom is 0.339 e. The first-order valence-corrected chi connectivity index (χ1v) is 6.38. The van der Waals surface area contributed by atoms with E-state index in [1.165, 1.54) is 6.20 Å². The van der Waals surface area contributed by atoms with Gasteiger partial charge in [0.25, 0.3) is 0 Å². The van der Waals surface area contributed by atoms with Gasteiger partial charge in [-0.1, -0.05) is 0 Å². The molecule has 6 nitrogen and oxygen atoms in total. The summed E-state index contributed by atoms with van der Waals surface area (Å²) in [5.41, 5.74) is 0.846. The molecule has 2 rings (SSSR count). The zero-order valence-corrected chi connectivity index (χ0v) is 11.3. The zero-order chi connectivity index (χ0) is 13.8. The van der Waals surface area contributed by atoms with E-state index in [1.54, 1.807) is 12.3 Å². The van der Waals surface area contributed by atoms with Crippen molar-refractivity contribution in [2.24, 2.45) is 0 Å². The van der Waals surface area contributed by atoms with Crippen LogP contribution in [0, 0.1) is 0 Å². The second kappa shape index (κ2) is 5.99. The molecule has 0 bridgehead atoms. The minimum atomic E-state index is -0.954. The molecule has 1 aromatic heterocycles. The van der Waals surface area contributed by atoms with Crippen molar-refractivity contribution in [1.82, 2.24) is 14.8 Å². The Bertz CT molecular complexity index is 452. The third-order valence-corrected chi connectivity index (χ3v) is 3.56. The summed E-state index contributed by atoms with van der Waals surface area (Å²) >= 11 is 0. The van der Waals surface area contributed by atoms with Crippen molar-refractivity contribution in [3.63, 3.8) is 0 Å². The van der Waals surface area contributed by atoms with Crippen LogP contribution in [-0.4, -0.2) is 72.2 Å². The molecular formula is C13H20N4O2. The van der Waals surface area contributed by atoms with Crippen molar-refractivity contribution in [2.75, 3.05) is 45.6 Å². The number of rotatable bonds is 4. The Balaban J connectivity index is 2.00. The lowest BCUT2D eigenvalue weighted by molar-refractivity contribution is 0.0697. The number of piperazine rings is 1. The monoisotopic (exact) mass is 264 g/mol. The van der Waals surface area contributed by atoms with E-state index in [9.17, 15) is 4.79 Å². The second-order valence-corrected chi connectivity index (χ2v) is 5.00. The summed E-state index contributed by atoms with van der Waals surface area (Å²) in [6.07, 6.45) is 2.98. The maximum atomic E-state index is 11.1. The molecule has 0 aromatic carbocycles. The Kier molecular flexibility index (Phi) is 4.34. The fourth-order valence-corrected chi connectivity index (χ4v) is 2.27. The van der Waals surface area contributed by atoms with E-state index in [1.807, 2.05) is 0 Å². The van der Waals surface area contributed by atoms with Crippen molar-refractivity contribution in [1.29, 1.82) is 0 Å². The minimum absolute atomic E-state index is 0.217. The van der Waals surface area contributed by atoms with E-state index in [0.717, 1.165) is 26.2 Å². The van der Waals surface area contributed by atoms with E-state index in [-0.39, 0.29) is 5.56 Å². The SMILES string of the molecule is CN1CCN(C)C(CNc2ccncc2C(=O)O)C1. The van der Waals surface area contributed by atoms with Gasteiger partial charge in [0, 0.05) is 44.6 Å². The molecule has 2 heterocycles. The molecule has 104 valence electrons. The number of carboxylic acid groups (broad SMARTS) is 1. The van der Waals surface area contributed by atoms with Gasteiger partial charge in [-0.2, -0.15) is 0 Å². The maximum absolute atomic E-state index is 11.1. The molecule has 0 radical (unpaired) electrons. The van der Waals surface area contributed by atoms with Gasteiger partial charge in [-0.05, 0) is 20.2 Å². The van der Waals surface area contributed by atoms with E-state index in [2.05, 4.69) is 34.2 Å². The Morgan fingerprint density at radius 2 is 2.32 bits per heavy atom. The fourth-order valence-electron chi connectivity index (χ4n) is 2.27. The molecule has 0 spiro atoms. The zero-order valence-electron chi connectivity index (χ0n) is 11.3. The summed E-state index contributed by atoms with van der Waals surface area (Å²) in [7, 11) is 4.21. The van der Waals surface area contributed by atoms with E-state index >= 15 is 0 Å². The smallest absolute Gasteiger partial charge is 0.339 e. The molecule has 1 unspecified atom stereocenters. The molecule has 6 heteroatoms. The van der Waals surface area contributed by atoms with Crippen molar-refractivity contribution in [3.05, 3.63) is 24.0 Å². The van der Waals surface area contributed by atoms with Crippen LogP contribution in [0.25, 0.3) is 0 Å². The Morgan fingerprint density at radius 1 is 1.53 bits per heavy atom. The van der Waals surface area contributed by atoms with Gasteiger partial charge in [-0.3, -0.25) is 9.88 Å². The van der Waals surface area contributed by atoms with Crippen LogP contribution in [0.1, 0.15) is 10.4 Å². The van der Waals surface area contributed by atoms with Crippen LogP contribution in [0.15, 0.2) is 18.5 Å². The lowest BCUT2D eigenvalue weighted by Crippen LogP contribution is -2.52. The lowest BCUT2D eigenvalue weighted by atomic mass is 10.1. The number of nitrogens with one attached hydrogen (secondary N) is 1. The summed E-state index contributed by atoms with van der Waals surface area (Å²) in [5, 5.41) is 12.3. The standard InChI is InChI=1S/C13H20N4O2/c1-16-5-6-17(2)10(9-16)7-15-12-3-4-14-8-11(12)13(18)19/h3-4,8,10H,5-7,9H2,1-2H3,(H,14,15)(H,18,19). The molecular weight excluding hydrogens is 244 g/mol. The van der Waals surface area contributed by atoms with E-state index in [4.69, 9.17) is 5.11 Å². The third kappa shape index (κ3) is 3.42. The lowest BCUT2D eigenvalue weighted by Gasteiger charge is -2.37. The summed E-state index contributed by atoms with van der Waals surface area (Å²) < 4.78 is 0. The number of carboxylic acids is 1. The Morgan fingerprint density at radius 3 is 3.05 bits per heavy atom. The number of aromatic carboxylic acids is 1. The van der Waals surface area contributed by atoms with Gasteiger partial charge in [0.2, 0.25) is 0 Å². The first-order chi connectivity index (χ1) is 9.08. The van der Waals surface area contributed by atoms with Gasteiger partial charge in [-0.25, -0.2) is 4.79 Å². The number of carbonyl (C=O) groups is 1. The van der Waals surface area contributed by atoms with Gasteiger partial charge in [0.1, 0.15) is 5.56 Å². The second-order valence-electron chi connectivity index (χ2n) is 5.00. The molecule has 1 aliphatic rings. The number of aromatic nitrogens is 1. The molecule has 1 saturated heterocycles. The number of hydrogen-bond donors (Lipinski definition) is 2. The largest absolute Gasteiger partial charge is 0.478 e. The summed E-state index contributed by atoms with van der Waals surface area (Å²) in [4.78, 5) is 19.5. The highest BCUT2D eigenvalue weighted by Gasteiger charge is 2.22. The molecule has 2 N–H and O–H groups in total. The Hall–Kier alpha value is -1.66. The normalized spacial score (nSPS) is 21.3. The quantitative estimate of drug-likeness (QED) is 0.822.